The molecule has 1 heterocycles. The van der Waals surface area contributed by atoms with Crippen molar-refractivity contribution in [3.63, 3.8) is 0 Å². The SMILES string of the molecule is CCCCNC1CCC(C)(C)NC1(C)C. The first-order valence-corrected chi connectivity index (χ1v) is 6.40. The summed E-state index contributed by atoms with van der Waals surface area (Å²) in [4.78, 5) is 0. The second kappa shape index (κ2) is 4.84. The lowest BCUT2D eigenvalue weighted by Gasteiger charge is -2.48. The average molecular weight is 212 g/mol. The van der Waals surface area contributed by atoms with Gasteiger partial charge in [0.15, 0.2) is 0 Å². The molecule has 0 aliphatic carbocycles. The largest absolute Gasteiger partial charge is 0.312 e. The Labute approximate surface area is 95.2 Å². The van der Waals surface area contributed by atoms with E-state index in [-0.39, 0.29) is 5.54 Å². The smallest absolute Gasteiger partial charge is 0.0283 e. The van der Waals surface area contributed by atoms with Gasteiger partial charge in [-0.25, -0.2) is 0 Å². The van der Waals surface area contributed by atoms with Crippen LogP contribution in [-0.4, -0.2) is 23.7 Å². The molecule has 1 unspecified atom stereocenters. The molecule has 15 heavy (non-hydrogen) atoms. The van der Waals surface area contributed by atoms with Gasteiger partial charge in [-0.2, -0.15) is 0 Å². The van der Waals surface area contributed by atoms with E-state index in [1.807, 2.05) is 0 Å². The molecular weight excluding hydrogens is 184 g/mol. The van der Waals surface area contributed by atoms with Crippen molar-refractivity contribution in [3.8, 4) is 0 Å². The van der Waals surface area contributed by atoms with Crippen molar-refractivity contribution in [1.29, 1.82) is 0 Å². The van der Waals surface area contributed by atoms with Gasteiger partial charge in [0.05, 0.1) is 0 Å². The number of hydrogen-bond donors (Lipinski definition) is 2. The van der Waals surface area contributed by atoms with Crippen molar-refractivity contribution >= 4 is 0 Å². The number of rotatable bonds is 4. The summed E-state index contributed by atoms with van der Waals surface area (Å²) in [7, 11) is 0. The van der Waals surface area contributed by atoms with Crippen LogP contribution in [0.15, 0.2) is 0 Å². The lowest BCUT2D eigenvalue weighted by molar-refractivity contribution is 0.135. The first-order chi connectivity index (χ1) is 6.87. The predicted octanol–water partition coefficient (Wildman–Crippen LogP) is 2.69. The highest BCUT2D eigenvalue weighted by molar-refractivity contribution is 5.01. The van der Waals surface area contributed by atoms with E-state index < -0.39 is 0 Å². The molecule has 0 radical (unpaired) electrons. The molecule has 1 atom stereocenters. The average Bonchev–Trinajstić information content (AvgIpc) is 2.06. The molecule has 90 valence electrons. The van der Waals surface area contributed by atoms with Gasteiger partial charge < -0.3 is 10.6 Å². The number of nitrogens with one attached hydrogen (secondary N) is 2. The highest BCUT2D eigenvalue weighted by Crippen LogP contribution is 2.28. The van der Waals surface area contributed by atoms with Crippen LogP contribution in [0.25, 0.3) is 0 Å². The Morgan fingerprint density at radius 3 is 2.47 bits per heavy atom. The van der Waals surface area contributed by atoms with Crippen molar-refractivity contribution in [1.82, 2.24) is 10.6 Å². The van der Waals surface area contributed by atoms with E-state index in [0.717, 1.165) is 6.54 Å². The Morgan fingerprint density at radius 2 is 1.93 bits per heavy atom. The fourth-order valence-corrected chi connectivity index (χ4v) is 2.70. The second-order valence-electron chi connectivity index (χ2n) is 6.13. The third-order valence-electron chi connectivity index (χ3n) is 3.51. The van der Waals surface area contributed by atoms with E-state index in [4.69, 9.17) is 0 Å². The first-order valence-electron chi connectivity index (χ1n) is 6.40. The van der Waals surface area contributed by atoms with E-state index in [2.05, 4.69) is 45.3 Å². The van der Waals surface area contributed by atoms with Crippen LogP contribution in [-0.2, 0) is 0 Å². The lowest BCUT2D eigenvalue weighted by atomic mass is 9.79. The summed E-state index contributed by atoms with van der Waals surface area (Å²) >= 11 is 0. The maximum absolute atomic E-state index is 3.75. The molecule has 0 aromatic heterocycles. The number of hydrogen-bond acceptors (Lipinski definition) is 2. The summed E-state index contributed by atoms with van der Waals surface area (Å²) in [5.41, 5.74) is 0.516. The van der Waals surface area contributed by atoms with Gasteiger partial charge in [0.1, 0.15) is 0 Å². The normalized spacial score (nSPS) is 29.0. The van der Waals surface area contributed by atoms with E-state index >= 15 is 0 Å². The minimum Gasteiger partial charge on any atom is -0.312 e. The topological polar surface area (TPSA) is 24.1 Å². The van der Waals surface area contributed by atoms with Crippen LogP contribution in [0.5, 0.6) is 0 Å². The molecule has 0 aromatic carbocycles. The number of piperidine rings is 1. The molecule has 2 nitrogen and oxygen atoms in total. The molecule has 0 saturated carbocycles. The van der Waals surface area contributed by atoms with Crippen molar-refractivity contribution in [2.75, 3.05) is 6.54 Å². The van der Waals surface area contributed by atoms with Crippen LogP contribution in [0.4, 0.5) is 0 Å². The Hall–Kier alpha value is -0.0800. The Kier molecular flexibility index (Phi) is 4.19. The molecule has 0 aromatic rings. The molecule has 1 aliphatic heterocycles. The molecule has 2 N–H and O–H groups in total. The molecular formula is C13H28N2. The van der Waals surface area contributed by atoms with Crippen molar-refractivity contribution < 1.29 is 0 Å². The fourth-order valence-electron chi connectivity index (χ4n) is 2.70. The molecule has 1 aliphatic rings. The Morgan fingerprint density at radius 1 is 1.27 bits per heavy atom. The maximum Gasteiger partial charge on any atom is 0.0283 e. The van der Waals surface area contributed by atoms with Crippen molar-refractivity contribution in [2.45, 2.75) is 77.4 Å². The molecule has 2 heteroatoms. The molecule has 0 bridgehead atoms. The van der Waals surface area contributed by atoms with Gasteiger partial charge in [-0.3, -0.25) is 0 Å². The summed E-state index contributed by atoms with van der Waals surface area (Å²) < 4.78 is 0. The molecule has 1 saturated heterocycles. The summed E-state index contributed by atoms with van der Waals surface area (Å²) in [5, 5.41) is 7.43. The van der Waals surface area contributed by atoms with Crippen molar-refractivity contribution in [3.05, 3.63) is 0 Å². The minimum atomic E-state index is 0.218. The van der Waals surface area contributed by atoms with Crippen molar-refractivity contribution in [2.24, 2.45) is 0 Å². The Balaban J connectivity index is 2.45. The zero-order valence-electron chi connectivity index (χ0n) is 11.1. The highest BCUT2D eigenvalue weighted by atomic mass is 15.1. The zero-order chi connectivity index (χ0) is 11.5. The summed E-state index contributed by atoms with van der Waals surface area (Å²) in [6.07, 6.45) is 5.12. The summed E-state index contributed by atoms with van der Waals surface area (Å²) in [5.74, 6) is 0. The Bertz CT molecular complexity index is 197. The first kappa shape index (κ1) is 13.0. The fraction of sp³-hybridized carbons (Fsp3) is 1.00. The van der Waals surface area contributed by atoms with Crippen LogP contribution in [0, 0.1) is 0 Å². The van der Waals surface area contributed by atoms with E-state index in [0.29, 0.717) is 11.6 Å². The molecule has 1 rings (SSSR count). The van der Waals surface area contributed by atoms with Gasteiger partial charge in [0, 0.05) is 17.1 Å². The van der Waals surface area contributed by atoms with Crippen LogP contribution >= 0.6 is 0 Å². The van der Waals surface area contributed by atoms with Crippen LogP contribution in [0.2, 0.25) is 0 Å². The monoisotopic (exact) mass is 212 g/mol. The molecule has 0 spiro atoms. The number of unbranched alkanes of at least 4 members (excludes halogenated alkanes) is 1. The molecule has 0 amide bonds. The van der Waals surface area contributed by atoms with Gasteiger partial charge >= 0.3 is 0 Å². The van der Waals surface area contributed by atoms with Gasteiger partial charge in [-0.1, -0.05) is 13.3 Å². The van der Waals surface area contributed by atoms with E-state index in [9.17, 15) is 0 Å². The van der Waals surface area contributed by atoms with E-state index in [1.165, 1.54) is 25.7 Å². The summed E-state index contributed by atoms with van der Waals surface area (Å²) in [6.45, 7) is 12.6. The predicted molar refractivity (Wildman–Crippen MR) is 67.2 cm³/mol. The van der Waals surface area contributed by atoms with Gasteiger partial charge in [0.25, 0.3) is 0 Å². The standard InChI is InChI=1S/C13H28N2/c1-6-7-10-14-11-8-9-12(2,3)15-13(11,4)5/h11,14-15H,6-10H2,1-5H3. The van der Waals surface area contributed by atoms with E-state index in [1.54, 1.807) is 0 Å². The van der Waals surface area contributed by atoms with Gasteiger partial charge in [-0.05, 0) is 53.5 Å². The third-order valence-corrected chi connectivity index (χ3v) is 3.51. The van der Waals surface area contributed by atoms with Gasteiger partial charge in [-0.15, -0.1) is 0 Å². The quantitative estimate of drug-likeness (QED) is 0.700. The lowest BCUT2D eigenvalue weighted by Crippen LogP contribution is -2.65. The van der Waals surface area contributed by atoms with Gasteiger partial charge in [0.2, 0.25) is 0 Å². The zero-order valence-corrected chi connectivity index (χ0v) is 11.1. The maximum atomic E-state index is 3.75. The highest BCUT2D eigenvalue weighted by Gasteiger charge is 2.38. The van der Waals surface area contributed by atoms with Crippen LogP contribution < -0.4 is 10.6 Å². The third kappa shape index (κ3) is 3.76. The van der Waals surface area contributed by atoms with Crippen LogP contribution in [0.1, 0.15) is 60.3 Å². The molecule has 1 fully saturated rings. The second-order valence-corrected chi connectivity index (χ2v) is 6.13. The minimum absolute atomic E-state index is 0.218. The van der Waals surface area contributed by atoms with Crippen LogP contribution in [0.3, 0.4) is 0 Å². The summed E-state index contributed by atoms with van der Waals surface area (Å²) in [6, 6.07) is 0.622.